The standard InChI is InChI=1S/C15H19F2NO/c16-13-3-6-15(17)12(9-13)7-8-18-10-11-1-4-14(19)5-2-11/h3,6,9,11,18H,1-2,4-5,7-8,10H2. The molecule has 0 saturated heterocycles. The van der Waals surface area contributed by atoms with E-state index in [1.165, 1.54) is 6.07 Å². The van der Waals surface area contributed by atoms with Crippen molar-refractivity contribution in [1.82, 2.24) is 5.32 Å². The van der Waals surface area contributed by atoms with Crippen LogP contribution in [0.4, 0.5) is 8.78 Å². The van der Waals surface area contributed by atoms with Crippen LogP contribution in [0.15, 0.2) is 18.2 Å². The van der Waals surface area contributed by atoms with Crippen molar-refractivity contribution in [3.8, 4) is 0 Å². The van der Waals surface area contributed by atoms with Crippen LogP contribution in [-0.4, -0.2) is 18.9 Å². The first-order valence-electron chi connectivity index (χ1n) is 6.81. The van der Waals surface area contributed by atoms with Crippen LogP contribution in [0.2, 0.25) is 0 Å². The molecule has 0 atom stereocenters. The average molecular weight is 267 g/mol. The van der Waals surface area contributed by atoms with Crippen LogP contribution < -0.4 is 5.32 Å². The number of hydrogen-bond acceptors (Lipinski definition) is 2. The average Bonchev–Trinajstić information content (AvgIpc) is 2.40. The molecule has 0 bridgehead atoms. The van der Waals surface area contributed by atoms with Crippen LogP contribution >= 0.6 is 0 Å². The fourth-order valence-electron chi connectivity index (χ4n) is 2.47. The zero-order valence-corrected chi connectivity index (χ0v) is 10.9. The number of nitrogens with one attached hydrogen (secondary N) is 1. The summed E-state index contributed by atoms with van der Waals surface area (Å²) in [4.78, 5) is 11.1. The van der Waals surface area contributed by atoms with Gasteiger partial charge in [0.05, 0.1) is 0 Å². The highest BCUT2D eigenvalue weighted by molar-refractivity contribution is 5.79. The van der Waals surface area contributed by atoms with E-state index in [9.17, 15) is 13.6 Å². The van der Waals surface area contributed by atoms with Crippen molar-refractivity contribution in [3.63, 3.8) is 0 Å². The first kappa shape index (κ1) is 14.1. The fraction of sp³-hybridized carbons (Fsp3) is 0.533. The summed E-state index contributed by atoms with van der Waals surface area (Å²) in [5.74, 6) is 0.141. The van der Waals surface area contributed by atoms with E-state index in [0.29, 0.717) is 43.1 Å². The Hall–Kier alpha value is -1.29. The third-order valence-electron chi connectivity index (χ3n) is 3.67. The Bertz CT molecular complexity index is 438. The van der Waals surface area contributed by atoms with Gasteiger partial charge in [0.1, 0.15) is 17.4 Å². The predicted octanol–water partition coefficient (Wildman–Crippen LogP) is 2.86. The van der Waals surface area contributed by atoms with Crippen LogP contribution in [0.25, 0.3) is 0 Å². The number of rotatable bonds is 5. The van der Waals surface area contributed by atoms with Crippen LogP contribution in [0.3, 0.4) is 0 Å². The third-order valence-corrected chi connectivity index (χ3v) is 3.67. The molecule has 0 amide bonds. The maximum atomic E-state index is 13.4. The topological polar surface area (TPSA) is 29.1 Å². The molecule has 104 valence electrons. The first-order valence-corrected chi connectivity index (χ1v) is 6.81. The van der Waals surface area contributed by atoms with E-state index in [1.54, 1.807) is 0 Å². The number of carbonyl (C=O) groups excluding carboxylic acids is 1. The molecule has 1 saturated carbocycles. The molecule has 1 aromatic rings. The van der Waals surface area contributed by atoms with Gasteiger partial charge < -0.3 is 5.32 Å². The second-order valence-corrected chi connectivity index (χ2v) is 5.17. The molecule has 0 unspecified atom stereocenters. The minimum absolute atomic E-state index is 0.355. The molecular weight excluding hydrogens is 248 g/mol. The van der Waals surface area contributed by atoms with Gasteiger partial charge in [0, 0.05) is 12.8 Å². The van der Waals surface area contributed by atoms with Gasteiger partial charge in [0.2, 0.25) is 0 Å². The van der Waals surface area contributed by atoms with Crippen molar-refractivity contribution in [2.75, 3.05) is 13.1 Å². The molecule has 2 nitrogen and oxygen atoms in total. The molecule has 0 aliphatic heterocycles. The van der Waals surface area contributed by atoms with E-state index >= 15 is 0 Å². The summed E-state index contributed by atoms with van der Waals surface area (Å²) in [5.41, 5.74) is 0.409. The summed E-state index contributed by atoms with van der Waals surface area (Å²) in [6.45, 7) is 1.48. The Labute approximate surface area is 112 Å². The van der Waals surface area contributed by atoms with Gasteiger partial charge in [0.25, 0.3) is 0 Å². The minimum atomic E-state index is -0.401. The normalized spacial score (nSPS) is 16.8. The van der Waals surface area contributed by atoms with Crippen molar-refractivity contribution >= 4 is 5.78 Å². The summed E-state index contributed by atoms with van der Waals surface area (Å²) in [6, 6.07) is 3.54. The monoisotopic (exact) mass is 267 g/mol. The lowest BCUT2D eigenvalue weighted by Crippen LogP contribution is -2.28. The van der Waals surface area contributed by atoms with Crippen molar-refractivity contribution in [1.29, 1.82) is 0 Å². The number of ketones is 1. The molecule has 2 rings (SSSR count). The van der Waals surface area contributed by atoms with E-state index in [2.05, 4.69) is 5.32 Å². The lowest BCUT2D eigenvalue weighted by Gasteiger charge is -2.21. The molecule has 1 aromatic carbocycles. The van der Waals surface area contributed by atoms with Gasteiger partial charge in [0.15, 0.2) is 0 Å². The van der Waals surface area contributed by atoms with Crippen LogP contribution in [0.5, 0.6) is 0 Å². The summed E-state index contributed by atoms with van der Waals surface area (Å²) in [6.07, 6.45) is 3.74. The van der Waals surface area contributed by atoms with Gasteiger partial charge >= 0.3 is 0 Å². The smallest absolute Gasteiger partial charge is 0.132 e. The molecule has 19 heavy (non-hydrogen) atoms. The number of halogens is 2. The van der Waals surface area contributed by atoms with Crippen molar-refractivity contribution < 1.29 is 13.6 Å². The Balaban J connectivity index is 1.69. The molecule has 1 aliphatic rings. The van der Waals surface area contributed by atoms with Crippen LogP contribution in [-0.2, 0) is 11.2 Å². The lowest BCUT2D eigenvalue weighted by atomic mass is 9.88. The van der Waals surface area contributed by atoms with E-state index in [1.807, 2.05) is 0 Å². The zero-order chi connectivity index (χ0) is 13.7. The quantitative estimate of drug-likeness (QED) is 0.831. The predicted molar refractivity (Wildman–Crippen MR) is 69.9 cm³/mol. The second kappa shape index (κ2) is 6.75. The SMILES string of the molecule is O=C1CCC(CNCCc2cc(F)ccc2F)CC1. The first-order chi connectivity index (χ1) is 9.15. The highest BCUT2D eigenvalue weighted by Gasteiger charge is 2.17. The number of carbonyl (C=O) groups is 1. The summed E-state index contributed by atoms with van der Waals surface area (Å²) < 4.78 is 26.3. The Morgan fingerprint density at radius 3 is 2.68 bits per heavy atom. The van der Waals surface area contributed by atoms with Gasteiger partial charge in [-0.15, -0.1) is 0 Å². The molecular formula is C15H19F2NO. The second-order valence-electron chi connectivity index (χ2n) is 5.17. The van der Waals surface area contributed by atoms with Gasteiger partial charge in [-0.3, -0.25) is 4.79 Å². The zero-order valence-electron chi connectivity index (χ0n) is 10.9. The number of hydrogen-bond donors (Lipinski definition) is 1. The third kappa shape index (κ3) is 4.39. The Morgan fingerprint density at radius 2 is 1.95 bits per heavy atom. The number of benzene rings is 1. The molecule has 4 heteroatoms. The van der Waals surface area contributed by atoms with Crippen molar-refractivity contribution in [2.24, 2.45) is 5.92 Å². The number of Topliss-reactive ketones (excluding diaryl/α,β-unsaturated/α-hetero) is 1. The van der Waals surface area contributed by atoms with Crippen molar-refractivity contribution in [3.05, 3.63) is 35.4 Å². The van der Waals surface area contributed by atoms with E-state index < -0.39 is 5.82 Å². The van der Waals surface area contributed by atoms with Gasteiger partial charge in [-0.1, -0.05) is 0 Å². The summed E-state index contributed by atoms with van der Waals surface area (Å²) in [7, 11) is 0. The molecule has 0 spiro atoms. The molecule has 1 fully saturated rings. The van der Waals surface area contributed by atoms with Gasteiger partial charge in [-0.25, -0.2) is 8.78 Å². The molecule has 0 aromatic heterocycles. The minimum Gasteiger partial charge on any atom is -0.316 e. The highest BCUT2D eigenvalue weighted by atomic mass is 19.1. The molecule has 0 radical (unpaired) electrons. The maximum Gasteiger partial charge on any atom is 0.132 e. The summed E-state index contributed by atoms with van der Waals surface area (Å²) >= 11 is 0. The van der Waals surface area contributed by atoms with Gasteiger partial charge in [-0.05, 0) is 62.0 Å². The van der Waals surface area contributed by atoms with Gasteiger partial charge in [-0.2, -0.15) is 0 Å². The highest BCUT2D eigenvalue weighted by Crippen LogP contribution is 2.20. The molecule has 1 N–H and O–H groups in total. The molecule has 0 heterocycles. The van der Waals surface area contributed by atoms with Crippen LogP contribution in [0, 0.1) is 17.6 Å². The van der Waals surface area contributed by atoms with E-state index in [-0.39, 0.29) is 5.82 Å². The Kier molecular flexibility index (Phi) is 5.02. The van der Waals surface area contributed by atoms with Crippen LogP contribution in [0.1, 0.15) is 31.2 Å². The van der Waals surface area contributed by atoms with Crippen molar-refractivity contribution in [2.45, 2.75) is 32.1 Å². The Morgan fingerprint density at radius 1 is 1.21 bits per heavy atom. The fourth-order valence-corrected chi connectivity index (χ4v) is 2.47. The molecule has 1 aliphatic carbocycles. The van der Waals surface area contributed by atoms with E-state index in [4.69, 9.17) is 0 Å². The van der Waals surface area contributed by atoms with E-state index in [0.717, 1.165) is 31.5 Å². The lowest BCUT2D eigenvalue weighted by molar-refractivity contribution is -0.120. The largest absolute Gasteiger partial charge is 0.316 e. The maximum absolute atomic E-state index is 13.4. The summed E-state index contributed by atoms with van der Waals surface area (Å²) in [5, 5.41) is 3.26.